The van der Waals surface area contributed by atoms with Crippen LogP contribution in [0, 0.1) is 0 Å². The predicted molar refractivity (Wildman–Crippen MR) is 52.4 cm³/mol. The van der Waals surface area contributed by atoms with Crippen LogP contribution in [0.1, 0.15) is 24.2 Å². The molecule has 1 rings (SSSR count). The summed E-state index contributed by atoms with van der Waals surface area (Å²) in [5.41, 5.74) is -0.941. The van der Waals surface area contributed by atoms with Crippen molar-refractivity contribution in [3.05, 3.63) is 15.9 Å². The lowest BCUT2D eigenvalue weighted by Gasteiger charge is -2.10. The molecule has 82 valence electrons. The normalized spacial score (nSPS) is 10.0. The quantitative estimate of drug-likeness (QED) is 0.720. The molecule has 0 saturated carbocycles. The first-order valence-corrected chi connectivity index (χ1v) is 4.57. The number of aromatic hydroxyl groups is 1. The van der Waals surface area contributed by atoms with Gasteiger partial charge in [-0.05, 0) is 13.8 Å². The number of aromatic nitrogens is 2. The van der Waals surface area contributed by atoms with Crippen LogP contribution in [-0.4, -0.2) is 27.6 Å². The summed E-state index contributed by atoms with van der Waals surface area (Å²) < 4.78 is 6.25. The number of carbonyl (C=O) groups excluding carboxylic acids is 1. The first kappa shape index (κ1) is 11.2. The second-order valence-electron chi connectivity index (χ2n) is 2.73. The third-order valence-electron chi connectivity index (χ3n) is 1.86. The Labute approximate surface area is 86.1 Å². The van der Waals surface area contributed by atoms with Crippen LogP contribution in [0.4, 0.5) is 0 Å². The highest BCUT2D eigenvalue weighted by Crippen LogP contribution is 2.13. The Morgan fingerprint density at radius 3 is 2.67 bits per heavy atom. The molecule has 0 spiro atoms. The van der Waals surface area contributed by atoms with Gasteiger partial charge in [-0.25, -0.2) is 0 Å². The Morgan fingerprint density at radius 2 is 2.20 bits per heavy atom. The molecule has 0 unspecified atom stereocenters. The lowest BCUT2D eigenvalue weighted by molar-refractivity contribution is 0.111. The van der Waals surface area contributed by atoms with Crippen molar-refractivity contribution in [2.75, 3.05) is 6.61 Å². The van der Waals surface area contributed by atoms with E-state index in [9.17, 15) is 14.7 Å². The fourth-order valence-corrected chi connectivity index (χ4v) is 1.16. The van der Waals surface area contributed by atoms with Crippen molar-refractivity contribution in [2.45, 2.75) is 20.4 Å². The van der Waals surface area contributed by atoms with E-state index in [4.69, 9.17) is 4.74 Å². The molecule has 0 fully saturated rings. The molecule has 0 atom stereocenters. The van der Waals surface area contributed by atoms with Gasteiger partial charge in [0.05, 0.1) is 6.61 Å². The van der Waals surface area contributed by atoms with Crippen molar-refractivity contribution in [1.82, 2.24) is 9.55 Å². The van der Waals surface area contributed by atoms with E-state index in [-0.39, 0.29) is 17.9 Å². The minimum Gasteiger partial charge on any atom is -0.493 e. The molecule has 0 bridgehead atoms. The first-order valence-electron chi connectivity index (χ1n) is 4.57. The van der Waals surface area contributed by atoms with Crippen molar-refractivity contribution in [1.29, 1.82) is 0 Å². The fraction of sp³-hybridized carbons (Fsp3) is 0.444. The zero-order chi connectivity index (χ0) is 11.4. The van der Waals surface area contributed by atoms with Crippen LogP contribution in [-0.2, 0) is 6.54 Å². The molecule has 1 heterocycles. The minimum atomic E-state index is -0.594. The van der Waals surface area contributed by atoms with Crippen molar-refractivity contribution >= 4 is 6.29 Å². The maximum absolute atomic E-state index is 11.6. The maximum Gasteiger partial charge on any atom is 0.302 e. The summed E-state index contributed by atoms with van der Waals surface area (Å²) >= 11 is 0. The molecule has 0 aliphatic rings. The Kier molecular flexibility index (Phi) is 3.43. The summed E-state index contributed by atoms with van der Waals surface area (Å²) in [4.78, 5) is 25.8. The van der Waals surface area contributed by atoms with Crippen LogP contribution in [0.15, 0.2) is 4.79 Å². The van der Waals surface area contributed by atoms with Crippen molar-refractivity contribution in [3.8, 4) is 11.9 Å². The maximum atomic E-state index is 11.6. The molecular formula is C9H12N2O4. The zero-order valence-corrected chi connectivity index (χ0v) is 8.56. The van der Waals surface area contributed by atoms with E-state index in [0.29, 0.717) is 13.2 Å². The Hall–Kier alpha value is -1.85. The molecule has 1 aromatic rings. The summed E-state index contributed by atoms with van der Waals surface area (Å²) in [6.45, 7) is 4.10. The van der Waals surface area contributed by atoms with Gasteiger partial charge in [0, 0.05) is 6.54 Å². The van der Waals surface area contributed by atoms with Gasteiger partial charge in [-0.1, -0.05) is 0 Å². The van der Waals surface area contributed by atoms with E-state index in [1.54, 1.807) is 13.8 Å². The van der Waals surface area contributed by atoms with E-state index in [0.717, 1.165) is 0 Å². The Morgan fingerprint density at radius 1 is 1.53 bits per heavy atom. The largest absolute Gasteiger partial charge is 0.493 e. The summed E-state index contributed by atoms with van der Waals surface area (Å²) in [5, 5.41) is 9.28. The van der Waals surface area contributed by atoms with Crippen molar-refractivity contribution in [3.63, 3.8) is 0 Å². The van der Waals surface area contributed by atoms with E-state index < -0.39 is 11.4 Å². The molecule has 0 saturated heterocycles. The van der Waals surface area contributed by atoms with Crippen LogP contribution < -0.4 is 10.3 Å². The summed E-state index contributed by atoms with van der Waals surface area (Å²) in [5.74, 6) is -0.594. The lowest BCUT2D eigenvalue weighted by Crippen LogP contribution is -2.25. The second-order valence-corrected chi connectivity index (χ2v) is 2.73. The van der Waals surface area contributed by atoms with Gasteiger partial charge >= 0.3 is 6.01 Å². The monoisotopic (exact) mass is 212 g/mol. The fourth-order valence-electron chi connectivity index (χ4n) is 1.16. The zero-order valence-electron chi connectivity index (χ0n) is 8.56. The molecule has 6 heteroatoms. The van der Waals surface area contributed by atoms with Crippen LogP contribution in [0.3, 0.4) is 0 Å². The highest BCUT2D eigenvalue weighted by Gasteiger charge is 2.15. The van der Waals surface area contributed by atoms with Gasteiger partial charge in [-0.3, -0.25) is 14.2 Å². The Bertz CT molecular complexity index is 425. The van der Waals surface area contributed by atoms with Gasteiger partial charge in [-0.2, -0.15) is 4.98 Å². The van der Waals surface area contributed by atoms with Crippen LogP contribution >= 0.6 is 0 Å². The number of carbonyl (C=O) groups is 1. The SMILES string of the molecule is CCOc1nc(O)c(C=O)c(=O)n1CC. The Balaban J connectivity index is 3.44. The molecule has 0 aliphatic heterocycles. The number of rotatable bonds is 4. The smallest absolute Gasteiger partial charge is 0.302 e. The third kappa shape index (κ3) is 1.98. The van der Waals surface area contributed by atoms with Gasteiger partial charge in [0.2, 0.25) is 5.88 Å². The van der Waals surface area contributed by atoms with Crippen molar-refractivity contribution in [2.24, 2.45) is 0 Å². The highest BCUT2D eigenvalue weighted by atomic mass is 16.5. The number of ether oxygens (including phenoxy) is 1. The molecule has 0 aromatic carbocycles. The minimum absolute atomic E-state index is 0.0214. The second kappa shape index (κ2) is 4.59. The van der Waals surface area contributed by atoms with Gasteiger partial charge in [-0.15, -0.1) is 0 Å². The average Bonchev–Trinajstić information content (AvgIpc) is 2.19. The van der Waals surface area contributed by atoms with Crippen molar-refractivity contribution < 1.29 is 14.6 Å². The summed E-state index contributed by atoms with van der Waals surface area (Å²) in [6, 6.07) is 0.0214. The highest BCUT2D eigenvalue weighted by molar-refractivity contribution is 5.77. The predicted octanol–water partition coefficient (Wildman–Crippen LogP) is 0.180. The van der Waals surface area contributed by atoms with E-state index in [2.05, 4.69) is 4.98 Å². The van der Waals surface area contributed by atoms with Gasteiger partial charge in [0.1, 0.15) is 5.56 Å². The standard InChI is InChI=1S/C9H12N2O4/c1-3-11-8(14)6(5-12)7(13)10-9(11)15-4-2/h5,13H,3-4H2,1-2H3. The number of nitrogens with zero attached hydrogens (tertiary/aromatic N) is 2. The van der Waals surface area contributed by atoms with Crippen LogP contribution in [0.2, 0.25) is 0 Å². The average molecular weight is 212 g/mol. The molecule has 1 N–H and O–H groups in total. The molecule has 6 nitrogen and oxygen atoms in total. The molecule has 15 heavy (non-hydrogen) atoms. The molecule has 0 radical (unpaired) electrons. The first-order chi connectivity index (χ1) is 7.15. The van der Waals surface area contributed by atoms with Gasteiger partial charge in [0.15, 0.2) is 6.29 Å². The number of hydrogen-bond acceptors (Lipinski definition) is 5. The third-order valence-corrected chi connectivity index (χ3v) is 1.86. The van der Waals surface area contributed by atoms with Gasteiger partial charge < -0.3 is 9.84 Å². The van der Waals surface area contributed by atoms with Crippen LogP contribution in [0.25, 0.3) is 0 Å². The number of aldehydes is 1. The molecule has 0 amide bonds. The van der Waals surface area contributed by atoms with Crippen LogP contribution in [0.5, 0.6) is 11.9 Å². The van der Waals surface area contributed by atoms with E-state index in [1.165, 1.54) is 4.57 Å². The number of hydrogen-bond donors (Lipinski definition) is 1. The molecule has 1 aromatic heterocycles. The topological polar surface area (TPSA) is 81.4 Å². The summed E-state index contributed by atoms with van der Waals surface area (Å²) in [7, 11) is 0. The molecule has 0 aliphatic carbocycles. The molecular weight excluding hydrogens is 200 g/mol. The lowest BCUT2D eigenvalue weighted by atomic mass is 10.3. The summed E-state index contributed by atoms with van der Waals surface area (Å²) in [6.07, 6.45) is 0.284. The van der Waals surface area contributed by atoms with E-state index >= 15 is 0 Å². The van der Waals surface area contributed by atoms with Gasteiger partial charge in [0.25, 0.3) is 5.56 Å². The van der Waals surface area contributed by atoms with E-state index in [1.807, 2.05) is 0 Å².